The van der Waals surface area contributed by atoms with Gasteiger partial charge in [0.1, 0.15) is 0 Å². The van der Waals surface area contributed by atoms with Gasteiger partial charge in [-0.25, -0.2) is 0 Å². The highest BCUT2D eigenvalue weighted by molar-refractivity contribution is 9.11. The zero-order valence-corrected chi connectivity index (χ0v) is 16.0. The fraction of sp³-hybridized carbons (Fsp3) is 0.200. The molecule has 0 bridgehead atoms. The van der Waals surface area contributed by atoms with Crippen LogP contribution in [0.5, 0.6) is 0 Å². The van der Waals surface area contributed by atoms with Crippen LogP contribution < -0.4 is 0 Å². The SMILES string of the molecule is Cc1cc(Br)c(C(Cl)c2ccc(Br)cc2C)cc1Br. The summed E-state index contributed by atoms with van der Waals surface area (Å²) < 4.78 is 3.18. The standard InChI is InChI=1S/C15H12Br3Cl/c1-8-5-10(16)3-4-11(8)15(19)12-7-13(17)9(2)6-14(12)18/h3-7,15H,1-2H3. The minimum atomic E-state index is -0.167. The van der Waals surface area contributed by atoms with E-state index < -0.39 is 0 Å². The Balaban J connectivity index is 2.49. The Kier molecular flexibility index (Phi) is 5.15. The summed E-state index contributed by atoms with van der Waals surface area (Å²) in [5, 5.41) is -0.167. The summed E-state index contributed by atoms with van der Waals surface area (Å²) in [6.45, 7) is 4.14. The molecule has 0 saturated carbocycles. The Morgan fingerprint density at radius 2 is 1.53 bits per heavy atom. The van der Waals surface area contributed by atoms with Crippen molar-refractivity contribution in [3.05, 3.63) is 66.0 Å². The molecule has 1 unspecified atom stereocenters. The molecular formula is C15H12Br3Cl. The number of alkyl halides is 1. The first kappa shape index (κ1) is 15.6. The smallest absolute Gasteiger partial charge is 0.0849 e. The van der Waals surface area contributed by atoms with Crippen molar-refractivity contribution in [2.75, 3.05) is 0 Å². The van der Waals surface area contributed by atoms with Gasteiger partial charge in [-0.3, -0.25) is 0 Å². The largest absolute Gasteiger partial charge is 0.113 e. The molecule has 0 amide bonds. The van der Waals surface area contributed by atoms with Crippen molar-refractivity contribution in [1.29, 1.82) is 0 Å². The van der Waals surface area contributed by atoms with Crippen molar-refractivity contribution in [3.8, 4) is 0 Å². The summed E-state index contributed by atoms with van der Waals surface area (Å²) in [5.74, 6) is 0. The molecule has 100 valence electrons. The summed E-state index contributed by atoms with van der Waals surface area (Å²) >= 11 is 17.3. The fourth-order valence-corrected chi connectivity index (χ4v) is 4.03. The maximum absolute atomic E-state index is 6.65. The summed E-state index contributed by atoms with van der Waals surface area (Å²) in [4.78, 5) is 0. The van der Waals surface area contributed by atoms with Gasteiger partial charge in [0.25, 0.3) is 0 Å². The van der Waals surface area contributed by atoms with Crippen molar-refractivity contribution in [2.45, 2.75) is 19.2 Å². The molecule has 0 fully saturated rings. The van der Waals surface area contributed by atoms with E-state index in [1.165, 1.54) is 11.1 Å². The minimum Gasteiger partial charge on any atom is -0.113 e. The first-order valence-electron chi connectivity index (χ1n) is 5.76. The van der Waals surface area contributed by atoms with Gasteiger partial charge in [-0.15, -0.1) is 11.6 Å². The first-order valence-corrected chi connectivity index (χ1v) is 8.57. The lowest BCUT2D eigenvalue weighted by atomic mass is 9.99. The third kappa shape index (κ3) is 3.44. The van der Waals surface area contributed by atoms with E-state index in [2.05, 4.69) is 85.9 Å². The van der Waals surface area contributed by atoms with Crippen LogP contribution in [0.3, 0.4) is 0 Å². The zero-order valence-electron chi connectivity index (χ0n) is 10.5. The van der Waals surface area contributed by atoms with Crippen LogP contribution in [0.2, 0.25) is 0 Å². The Morgan fingerprint density at radius 1 is 0.842 bits per heavy atom. The summed E-state index contributed by atoms with van der Waals surface area (Å²) in [7, 11) is 0. The van der Waals surface area contributed by atoms with Crippen LogP contribution >= 0.6 is 59.4 Å². The maximum atomic E-state index is 6.65. The van der Waals surface area contributed by atoms with Gasteiger partial charge in [-0.05, 0) is 60.4 Å². The zero-order chi connectivity index (χ0) is 14.2. The van der Waals surface area contributed by atoms with Crippen LogP contribution in [0.25, 0.3) is 0 Å². The predicted octanol–water partition coefficient (Wildman–Crippen LogP) is 6.92. The van der Waals surface area contributed by atoms with Crippen molar-refractivity contribution in [1.82, 2.24) is 0 Å². The maximum Gasteiger partial charge on any atom is 0.0849 e. The monoisotopic (exact) mass is 464 g/mol. The molecular weight excluding hydrogens is 455 g/mol. The molecule has 0 saturated heterocycles. The van der Waals surface area contributed by atoms with E-state index in [1.54, 1.807) is 0 Å². The average molecular weight is 467 g/mol. The Labute approximate surface area is 143 Å². The molecule has 2 aromatic rings. The Hall–Kier alpha value is 0.170. The molecule has 2 rings (SSSR count). The van der Waals surface area contributed by atoms with Crippen molar-refractivity contribution in [2.24, 2.45) is 0 Å². The number of rotatable bonds is 2. The lowest BCUT2D eigenvalue weighted by molar-refractivity contribution is 1.09. The van der Waals surface area contributed by atoms with Crippen LogP contribution in [0, 0.1) is 13.8 Å². The van der Waals surface area contributed by atoms with Gasteiger partial charge in [-0.2, -0.15) is 0 Å². The molecule has 0 aliphatic carbocycles. The molecule has 0 heterocycles. The number of halogens is 4. The van der Waals surface area contributed by atoms with E-state index in [1.807, 2.05) is 6.07 Å². The van der Waals surface area contributed by atoms with E-state index in [-0.39, 0.29) is 5.38 Å². The molecule has 19 heavy (non-hydrogen) atoms. The van der Waals surface area contributed by atoms with Crippen LogP contribution in [0.1, 0.15) is 27.6 Å². The normalized spacial score (nSPS) is 12.5. The number of benzene rings is 2. The second-order valence-corrected chi connectivity index (χ2v) is 7.55. The average Bonchev–Trinajstić information content (AvgIpc) is 2.33. The second-order valence-electron chi connectivity index (χ2n) is 4.49. The Morgan fingerprint density at radius 3 is 2.16 bits per heavy atom. The molecule has 0 spiro atoms. The molecule has 0 aromatic heterocycles. The molecule has 0 radical (unpaired) electrons. The molecule has 0 aliphatic rings. The third-order valence-electron chi connectivity index (χ3n) is 3.06. The summed E-state index contributed by atoms with van der Waals surface area (Å²) in [6.07, 6.45) is 0. The van der Waals surface area contributed by atoms with E-state index in [0.29, 0.717) is 0 Å². The third-order valence-corrected chi connectivity index (χ3v) is 5.56. The highest BCUT2D eigenvalue weighted by Gasteiger charge is 2.17. The van der Waals surface area contributed by atoms with Gasteiger partial charge >= 0.3 is 0 Å². The van der Waals surface area contributed by atoms with Crippen LogP contribution in [0.15, 0.2) is 43.7 Å². The molecule has 0 nitrogen and oxygen atoms in total. The number of aryl methyl sites for hydroxylation is 2. The molecule has 2 aromatic carbocycles. The number of hydrogen-bond acceptors (Lipinski definition) is 0. The first-order chi connectivity index (χ1) is 8.90. The van der Waals surface area contributed by atoms with Crippen molar-refractivity contribution >= 4 is 59.4 Å². The topological polar surface area (TPSA) is 0 Å². The van der Waals surface area contributed by atoms with E-state index in [9.17, 15) is 0 Å². The number of hydrogen-bond donors (Lipinski definition) is 0. The van der Waals surface area contributed by atoms with Gasteiger partial charge in [0.15, 0.2) is 0 Å². The second kappa shape index (κ2) is 6.30. The summed E-state index contributed by atoms with van der Waals surface area (Å²) in [5.41, 5.74) is 4.57. The highest BCUT2D eigenvalue weighted by atomic mass is 79.9. The van der Waals surface area contributed by atoms with Crippen LogP contribution in [0.4, 0.5) is 0 Å². The fourth-order valence-electron chi connectivity index (χ4n) is 1.95. The molecule has 4 heteroatoms. The molecule has 1 atom stereocenters. The van der Waals surface area contributed by atoms with Gasteiger partial charge in [0.05, 0.1) is 5.38 Å². The van der Waals surface area contributed by atoms with E-state index in [4.69, 9.17) is 11.6 Å². The lowest BCUT2D eigenvalue weighted by Crippen LogP contribution is -1.98. The molecule has 0 aliphatic heterocycles. The van der Waals surface area contributed by atoms with Crippen LogP contribution in [-0.4, -0.2) is 0 Å². The predicted molar refractivity (Wildman–Crippen MR) is 93.2 cm³/mol. The molecule has 0 N–H and O–H groups in total. The summed E-state index contributed by atoms with van der Waals surface area (Å²) in [6, 6.07) is 10.3. The van der Waals surface area contributed by atoms with Gasteiger partial charge in [0, 0.05) is 13.4 Å². The van der Waals surface area contributed by atoms with Gasteiger partial charge < -0.3 is 0 Å². The van der Waals surface area contributed by atoms with Crippen molar-refractivity contribution < 1.29 is 0 Å². The van der Waals surface area contributed by atoms with Gasteiger partial charge in [0.2, 0.25) is 0 Å². The van der Waals surface area contributed by atoms with Crippen LogP contribution in [-0.2, 0) is 0 Å². The Bertz CT molecular complexity index is 623. The quantitative estimate of drug-likeness (QED) is 0.421. The van der Waals surface area contributed by atoms with Crippen molar-refractivity contribution in [3.63, 3.8) is 0 Å². The van der Waals surface area contributed by atoms with E-state index >= 15 is 0 Å². The van der Waals surface area contributed by atoms with Gasteiger partial charge in [-0.1, -0.05) is 53.9 Å². The van der Waals surface area contributed by atoms with E-state index in [0.717, 1.165) is 24.5 Å². The lowest BCUT2D eigenvalue weighted by Gasteiger charge is -2.16. The minimum absolute atomic E-state index is 0.167. The highest BCUT2D eigenvalue weighted by Crippen LogP contribution is 2.38.